The Kier molecular flexibility index (Phi) is 4.11. The Morgan fingerprint density at radius 1 is 1.42 bits per heavy atom. The number of aromatic nitrogens is 4. The molecular formula is C16H21N5O2S. The van der Waals surface area contributed by atoms with Crippen molar-refractivity contribution in [2.24, 2.45) is 7.05 Å². The molecule has 8 heteroatoms. The third-order valence-electron chi connectivity index (χ3n) is 4.60. The molecule has 0 amide bonds. The van der Waals surface area contributed by atoms with E-state index >= 15 is 0 Å². The van der Waals surface area contributed by atoms with Crippen molar-refractivity contribution in [1.29, 1.82) is 0 Å². The van der Waals surface area contributed by atoms with Gasteiger partial charge in [0.15, 0.2) is 5.82 Å². The van der Waals surface area contributed by atoms with E-state index in [-0.39, 0.29) is 5.56 Å². The Balaban J connectivity index is 1.66. The van der Waals surface area contributed by atoms with E-state index in [1.807, 2.05) is 15.8 Å². The monoisotopic (exact) mass is 347 g/mol. The molecule has 1 unspecified atom stereocenters. The molecule has 4 rings (SSSR count). The molecule has 1 fully saturated rings. The molecule has 3 aromatic heterocycles. The number of rotatable bonds is 4. The van der Waals surface area contributed by atoms with Crippen LogP contribution in [0.1, 0.15) is 25.1 Å². The van der Waals surface area contributed by atoms with Crippen LogP contribution in [-0.2, 0) is 18.3 Å². The highest BCUT2D eigenvalue weighted by Gasteiger charge is 2.19. The fourth-order valence-corrected chi connectivity index (χ4v) is 4.21. The summed E-state index contributed by atoms with van der Waals surface area (Å²) < 4.78 is 10.1. The Bertz CT molecular complexity index is 922. The van der Waals surface area contributed by atoms with Gasteiger partial charge in [-0.2, -0.15) is 0 Å². The minimum atomic E-state index is -0.0181. The first kappa shape index (κ1) is 15.7. The summed E-state index contributed by atoms with van der Waals surface area (Å²) in [5.41, 5.74) is 0.871. The lowest BCUT2D eigenvalue weighted by atomic mass is 10.1. The number of fused-ring (bicyclic) bond motifs is 3. The molecule has 24 heavy (non-hydrogen) atoms. The molecule has 3 aromatic rings. The quantitative estimate of drug-likeness (QED) is 0.718. The lowest BCUT2D eigenvalue weighted by molar-refractivity contribution is -0.00294. The van der Waals surface area contributed by atoms with Gasteiger partial charge in [-0.1, -0.05) is 0 Å². The molecule has 0 radical (unpaired) electrons. The van der Waals surface area contributed by atoms with Crippen LogP contribution >= 0.6 is 11.3 Å². The zero-order chi connectivity index (χ0) is 16.7. The summed E-state index contributed by atoms with van der Waals surface area (Å²) in [6, 6.07) is 1.96. The molecular weight excluding hydrogens is 326 g/mol. The Morgan fingerprint density at radius 3 is 3.08 bits per heavy atom. The molecule has 4 heterocycles. The maximum Gasteiger partial charge on any atom is 0.272 e. The SMILES string of the molecule is CN(Cc1nnc2n(C)c(=O)c3sccc3n12)CC1CCCCO1. The van der Waals surface area contributed by atoms with E-state index in [1.54, 1.807) is 11.6 Å². The van der Waals surface area contributed by atoms with Crippen LogP contribution in [0.5, 0.6) is 0 Å². The van der Waals surface area contributed by atoms with Gasteiger partial charge in [-0.05, 0) is 37.8 Å². The van der Waals surface area contributed by atoms with E-state index in [0.717, 1.165) is 35.6 Å². The lowest BCUT2D eigenvalue weighted by Crippen LogP contribution is -2.33. The van der Waals surface area contributed by atoms with E-state index in [1.165, 1.54) is 24.2 Å². The average Bonchev–Trinajstić information content (AvgIpc) is 3.20. The highest BCUT2D eigenvalue weighted by molar-refractivity contribution is 7.17. The topological polar surface area (TPSA) is 64.7 Å². The molecule has 1 saturated heterocycles. The van der Waals surface area contributed by atoms with E-state index in [0.29, 0.717) is 18.4 Å². The predicted octanol–water partition coefficient (Wildman–Crippen LogP) is 1.64. The molecule has 1 atom stereocenters. The maximum atomic E-state index is 12.4. The summed E-state index contributed by atoms with van der Waals surface area (Å²) in [4.78, 5) is 14.6. The number of ether oxygens (including phenoxy) is 1. The van der Waals surface area contributed by atoms with Gasteiger partial charge in [0.25, 0.3) is 5.56 Å². The Morgan fingerprint density at radius 2 is 2.29 bits per heavy atom. The summed E-state index contributed by atoms with van der Waals surface area (Å²) in [5, 5.41) is 10.5. The van der Waals surface area contributed by atoms with Crippen LogP contribution < -0.4 is 5.56 Å². The molecule has 0 aliphatic carbocycles. The minimum absolute atomic E-state index is 0.0181. The van der Waals surface area contributed by atoms with Crippen LogP contribution in [0.3, 0.4) is 0 Å². The van der Waals surface area contributed by atoms with Crippen molar-refractivity contribution in [3.63, 3.8) is 0 Å². The number of aryl methyl sites for hydroxylation is 1. The van der Waals surface area contributed by atoms with Crippen LogP contribution in [0.4, 0.5) is 0 Å². The highest BCUT2D eigenvalue weighted by Crippen LogP contribution is 2.20. The van der Waals surface area contributed by atoms with Gasteiger partial charge in [0, 0.05) is 20.2 Å². The molecule has 1 aliphatic rings. The summed E-state index contributed by atoms with van der Waals surface area (Å²) in [7, 11) is 3.82. The van der Waals surface area contributed by atoms with Gasteiger partial charge in [0.2, 0.25) is 5.78 Å². The Hall–Kier alpha value is -1.77. The molecule has 1 aliphatic heterocycles. The van der Waals surface area contributed by atoms with Gasteiger partial charge in [-0.3, -0.25) is 18.7 Å². The molecule has 0 N–H and O–H groups in total. The minimum Gasteiger partial charge on any atom is -0.377 e. The van der Waals surface area contributed by atoms with E-state index in [9.17, 15) is 4.79 Å². The van der Waals surface area contributed by atoms with Gasteiger partial charge >= 0.3 is 0 Å². The zero-order valence-corrected chi connectivity index (χ0v) is 14.8. The zero-order valence-electron chi connectivity index (χ0n) is 13.9. The second-order valence-corrected chi connectivity index (χ2v) is 7.35. The summed E-state index contributed by atoms with van der Waals surface area (Å²) in [5.74, 6) is 1.44. The normalized spacial score (nSPS) is 18.9. The first-order valence-corrected chi connectivity index (χ1v) is 9.13. The summed E-state index contributed by atoms with van der Waals surface area (Å²) in [6.07, 6.45) is 3.82. The van der Waals surface area contributed by atoms with Crippen LogP contribution in [0.15, 0.2) is 16.2 Å². The number of hydrogen-bond acceptors (Lipinski definition) is 6. The van der Waals surface area contributed by atoms with Crippen molar-refractivity contribution in [1.82, 2.24) is 24.1 Å². The van der Waals surface area contributed by atoms with Crippen molar-refractivity contribution in [2.45, 2.75) is 31.9 Å². The number of hydrogen-bond donors (Lipinski definition) is 0. The summed E-state index contributed by atoms with van der Waals surface area (Å²) in [6.45, 7) is 2.42. The maximum absolute atomic E-state index is 12.4. The third kappa shape index (κ3) is 2.64. The van der Waals surface area contributed by atoms with E-state index in [4.69, 9.17) is 4.74 Å². The van der Waals surface area contributed by atoms with Gasteiger partial charge in [0.1, 0.15) is 4.70 Å². The van der Waals surface area contributed by atoms with Gasteiger partial charge < -0.3 is 4.74 Å². The van der Waals surface area contributed by atoms with Crippen LogP contribution in [-0.4, -0.2) is 50.4 Å². The number of nitrogens with zero attached hydrogens (tertiary/aromatic N) is 5. The molecule has 0 aromatic carbocycles. The average molecular weight is 347 g/mol. The first-order chi connectivity index (χ1) is 11.6. The number of likely N-dealkylation sites (N-methyl/N-ethyl adjacent to an activating group) is 1. The summed E-state index contributed by atoms with van der Waals surface area (Å²) >= 11 is 1.46. The van der Waals surface area contributed by atoms with Crippen molar-refractivity contribution < 1.29 is 4.74 Å². The fourth-order valence-electron chi connectivity index (χ4n) is 3.36. The van der Waals surface area contributed by atoms with Crippen molar-refractivity contribution in [2.75, 3.05) is 20.2 Å². The van der Waals surface area contributed by atoms with Gasteiger partial charge in [-0.25, -0.2) is 0 Å². The molecule has 128 valence electrons. The second kappa shape index (κ2) is 6.27. The van der Waals surface area contributed by atoms with Crippen LogP contribution in [0, 0.1) is 0 Å². The molecule has 7 nitrogen and oxygen atoms in total. The van der Waals surface area contributed by atoms with Crippen molar-refractivity contribution >= 4 is 27.3 Å². The van der Waals surface area contributed by atoms with Crippen LogP contribution in [0.25, 0.3) is 16.0 Å². The van der Waals surface area contributed by atoms with Crippen molar-refractivity contribution in [3.8, 4) is 0 Å². The highest BCUT2D eigenvalue weighted by atomic mass is 32.1. The largest absolute Gasteiger partial charge is 0.377 e. The molecule has 0 bridgehead atoms. The second-order valence-electron chi connectivity index (χ2n) is 6.44. The van der Waals surface area contributed by atoms with Crippen molar-refractivity contribution in [3.05, 3.63) is 27.6 Å². The number of thiophene rings is 1. The van der Waals surface area contributed by atoms with Gasteiger partial charge in [0.05, 0.1) is 18.2 Å². The Labute approximate surface area is 143 Å². The standard InChI is InChI=1S/C16H21N5O2S/c1-19(9-11-5-3-4-7-23-11)10-13-17-18-16-20(2)15(22)14-12(21(13)16)6-8-24-14/h6,8,11H,3-5,7,9-10H2,1-2H3. The molecule has 0 saturated carbocycles. The van der Waals surface area contributed by atoms with Gasteiger partial charge in [-0.15, -0.1) is 21.5 Å². The lowest BCUT2D eigenvalue weighted by Gasteiger charge is -2.27. The predicted molar refractivity (Wildman–Crippen MR) is 93.5 cm³/mol. The van der Waals surface area contributed by atoms with E-state index < -0.39 is 0 Å². The molecule has 0 spiro atoms. The smallest absolute Gasteiger partial charge is 0.272 e. The fraction of sp³-hybridized carbons (Fsp3) is 0.562. The van der Waals surface area contributed by atoms with Crippen LogP contribution in [0.2, 0.25) is 0 Å². The van der Waals surface area contributed by atoms with E-state index in [2.05, 4.69) is 22.1 Å². The first-order valence-electron chi connectivity index (χ1n) is 8.25. The third-order valence-corrected chi connectivity index (χ3v) is 5.49.